The second kappa shape index (κ2) is 5.66. The highest BCUT2D eigenvalue weighted by atomic mass is 16.7. The van der Waals surface area contributed by atoms with Gasteiger partial charge in [-0.25, -0.2) is 0 Å². The third kappa shape index (κ3) is 2.91. The largest absolute Gasteiger partial charge is 0.546 e. The number of benzene rings is 1. The van der Waals surface area contributed by atoms with E-state index in [9.17, 15) is 14.9 Å². The van der Waals surface area contributed by atoms with Gasteiger partial charge in [-0.3, -0.25) is 4.79 Å². The molecule has 1 atom stereocenters. The second-order valence-corrected chi connectivity index (χ2v) is 4.12. The lowest BCUT2D eigenvalue weighted by atomic mass is 10.1. The molecular formula is C12H13N3O5. The molecule has 20 heavy (non-hydrogen) atoms. The summed E-state index contributed by atoms with van der Waals surface area (Å²) in [5.74, 6) is -0.487. The number of nitrogens with zero attached hydrogens (tertiary/aromatic N) is 2. The minimum absolute atomic E-state index is 0.259. The van der Waals surface area contributed by atoms with Crippen LogP contribution in [-0.2, 0) is 16.0 Å². The molecule has 0 spiro atoms. The number of carbonyl (C=O) groups is 1. The topological polar surface area (TPSA) is 121 Å². The van der Waals surface area contributed by atoms with Crippen LogP contribution in [0, 0.1) is 10.1 Å². The van der Waals surface area contributed by atoms with E-state index in [0.717, 1.165) is 5.56 Å². The molecule has 0 bridgehead atoms. The summed E-state index contributed by atoms with van der Waals surface area (Å²) < 4.78 is 9.75. The number of hydrogen-bond acceptors (Lipinski definition) is 7. The van der Waals surface area contributed by atoms with Gasteiger partial charge in [0.15, 0.2) is 5.58 Å². The third-order valence-corrected chi connectivity index (χ3v) is 2.64. The van der Waals surface area contributed by atoms with E-state index in [2.05, 4.69) is 4.98 Å². The van der Waals surface area contributed by atoms with Gasteiger partial charge in [0.05, 0.1) is 6.61 Å². The fourth-order valence-electron chi connectivity index (χ4n) is 1.75. The number of fused-ring (bicyclic) bond motifs is 1. The Labute approximate surface area is 113 Å². The van der Waals surface area contributed by atoms with Crippen molar-refractivity contribution in [2.24, 2.45) is 5.73 Å². The van der Waals surface area contributed by atoms with Crippen molar-refractivity contribution in [1.82, 2.24) is 4.98 Å². The number of nitrogens with two attached hydrogens (primary N) is 1. The van der Waals surface area contributed by atoms with Gasteiger partial charge in [-0.15, -0.1) is 0 Å². The Morgan fingerprint density at radius 1 is 1.60 bits per heavy atom. The average Bonchev–Trinajstić information content (AvgIpc) is 2.82. The van der Waals surface area contributed by atoms with Crippen molar-refractivity contribution in [3.05, 3.63) is 33.9 Å². The SMILES string of the molecule is CCOC(=O)C(N)Cc1ccc2oc([N+](=O)[O-])nc2c1. The predicted molar refractivity (Wildman–Crippen MR) is 69.0 cm³/mol. The molecule has 8 nitrogen and oxygen atoms in total. The summed E-state index contributed by atoms with van der Waals surface area (Å²) in [5, 5.41) is 10.6. The van der Waals surface area contributed by atoms with Gasteiger partial charge < -0.3 is 25.0 Å². The molecule has 0 aliphatic carbocycles. The predicted octanol–water partition coefficient (Wildman–Crippen LogP) is 1.17. The number of aromatic nitrogens is 1. The van der Waals surface area contributed by atoms with Crippen molar-refractivity contribution in [1.29, 1.82) is 0 Å². The summed E-state index contributed by atoms with van der Waals surface area (Å²) in [6.45, 7) is 1.96. The van der Waals surface area contributed by atoms with Gasteiger partial charge >= 0.3 is 12.0 Å². The maximum Gasteiger partial charge on any atom is 0.546 e. The van der Waals surface area contributed by atoms with Gasteiger partial charge in [0.1, 0.15) is 6.04 Å². The summed E-state index contributed by atoms with van der Waals surface area (Å²) in [5.41, 5.74) is 7.09. The monoisotopic (exact) mass is 279 g/mol. The number of oxazole rings is 1. The van der Waals surface area contributed by atoms with Crippen molar-refractivity contribution in [3.63, 3.8) is 0 Å². The lowest BCUT2D eigenvalue weighted by Gasteiger charge is -2.09. The Balaban J connectivity index is 2.19. The summed E-state index contributed by atoms with van der Waals surface area (Å²) in [4.78, 5) is 25.0. The molecule has 2 rings (SSSR count). The van der Waals surface area contributed by atoms with Crippen LogP contribution in [0.3, 0.4) is 0 Å². The molecule has 1 unspecified atom stereocenters. The number of nitro groups is 1. The van der Waals surface area contributed by atoms with Crippen LogP contribution < -0.4 is 5.73 Å². The van der Waals surface area contributed by atoms with Gasteiger partial charge in [0.2, 0.25) is 5.52 Å². The quantitative estimate of drug-likeness (QED) is 0.495. The fourth-order valence-corrected chi connectivity index (χ4v) is 1.75. The molecule has 0 radical (unpaired) electrons. The van der Waals surface area contributed by atoms with Crippen molar-refractivity contribution < 1.29 is 18.9 Å². The molecule has 0 fully saturated rings. The lowest BCUT2D eigenvalue weighted by molar-refractivity contribution is -0.406. The van der Waals surface area contributed by atoms with E-state index < -0.39 is 22.9 Å². The van der Waals surface area contributed by atoms with Crippen LogP contribution in [-0.4, -0.2) is 28.5 Å². The van der Waals surface area contributed by atoms with Crippen molar-refractivity contribution >= 4 is 23.1 Å². The smallest absolute Gasteiger partial charge is 0.465 e. The molecule has 1 aromatic heterocycles. The minimum atomic E-state index is -0.783. The van der Waals surface area contributed by atoms with Gasteiger partial charge in [0, 0.05) is 9.91 Å². The second-order valence-electron chi connectivity index (χ2n) is 4.12. The normalized spacial score (nSPS) is 12.3. The van der Waals surface area contributed by atoms with E-state index in [1.807, 2.05) is 0 Å². The van der Waals surface area contributed by atoms with E-state index in [1.54, 1.807) is 25.1 Å². The van der Waals surface area contributed by atoms with Gasteiger partial charge in [-0.2, -0.15) is 0 Å². The standard InChI is InChI=1S/C12H13N3O5/c1-2-19-11(16)8(13)5-7-3-4-10-9(6-7)14-12(20-10)15(17)18/h3-4,6,8H,2,5,13H2,1H3. The summed E-state index contributed by atoms with van der Waals surface area (Å²) in [6, 6.07) is 3.49. The van der Waals surface area contributed by atoms with E-state index >= 15 is 0 Å². The molecule has 0 saturated carbocycles. The first-order valence-corrected chi connectivity index (χ1v) is 5.97. The van der Waals surface area contributed by atoms with E-state index in [0.29, 0.717) is 11.1 Å². The zero-order valence-corrected chi connectivity index (χ0v) is 10.7. The number of ether oxygens (including phenoxy) is 1. The Hall–Kier alpha value is -2.48. The first-order chi connectivity index (χ1) is 9.51. The van der Waals surface area contributed by atoms with Crippen LogP contribution in [0.25, 0.3) is 11.1 Å². The molecule has 2 N–H and O–H groups in total. The highest BCUT2D eigenvalue weighted by Crippen LogP contribution is 2.21. The summed E-state index contributed by atoms with van der Waals surface area (Å²) in [6.07, 6.45) is 0.259. The number of esters is 1. The molecule has 0 saturated heterocycles. The van der Waals surface area contributed by atoms with Crippen molar-refractivity contribution in [3.8, 4) is 0 Å². The van der Waals surface area contributed by atoms with Gasteiger partial charge in [-0.1, -0.05) is 6.07 Å². The van der Waals surface area contributed by atoms with Crippen LogP contribution in [0.1, 0.15) is 12.5 Å². The molecule has 106 valence electrons. The number of carbonyl (C=O) groups excluding carboxylic acids is 1. The molecule has 1 heterocycles. The highest BCUT2D eigenvalue weighted by Gasteiger charge is 2.20. The van der Waals surface area contributed by atoms with Crippen LogP contribution in [0.15, 0.2) is 22.6 Å². The lowest BCUT2D eigenvalue weighted by Crippen LogP contribution is -2.34. The third-order valence-electron chi connectivity index (χ3n) is 2.64. The highest BCUT2D eigenvalue weighted by molar-refractivity contribution is 5.77. The molecule has 2 aromatic rings. The van der Waals surface area contributed by atoms with Crippen molar-refractivity contribution in [2.75, 3.05) is 6.61 Å². The Morgan fingerprint density at radius 2 is 2.35 bits per heavy atom. The van der Waals surface area contributed by atoms with Crippen LogP contribution >= 0.6 is 0 Å². The molecule has 0 aliphatic heterocycles. The maximum absolute atomic E-state index is 11.4. The Morgan fingerprint density at radius 3 is 3.00 bits per heavy atom. The molecule has 0 amide bonds. The number of hydrogen-bond donors (Lipinski definition) is 1. The van der Waals surface area contributed by atoms with E-state index in [4.69, 9.17) is 14.9 Å². The first-order valence-electron chi connectivity index (χ1n) is 5.97. The fraction of sp³-hybridized carbons (Fsp3) is 0.333. The molecule has 8 heteroatoms. The zero-order chi connectivity index (χ0) is 14.7. The average molecular weight is 279 g/mol. The minimum Gasteiger partial charge on any atom is -0.465 e. The first kappa shape index (κ1) is 13.9. The summed E-state index contributed by atoms with van der Waals surface area (Å²) >= 11 is 0. The maximum atomic E-state index is 11.4. The van der Waals surface area contributed by atoms with Gasteiger partial charge in [-0.05, 0) is 31.0 Å². The Bertz CT molecular complexity index is 652. The van der Waals surface area contributed by atoms with Crippen LogP contribution in [0.4, 0.5) is 6.01 Å². The van der Waals surface area contributed by atoms with Gasteiger partial charge in [0.25, 0.3) is 0 Å². The van der Waals surface area contributed by atoms with Crippen molar-refractivity contribution in [2.45, 2.75) is 19.4 Å². The molecular weight excluding hydrogens is 266 g/mol. The van der Waals surface area contributed by atoms with E-state index in [1.165, 1.54) is 0 Å². The van der Waals surface area contributed by atoms with Crippen LogP contribution in [0.2, 0.25) is 0 Å². The Kier molecular flexibility index (Phi) is 3.94. The molecule has 1 aromatic carbocycles. The number of rotatable bonds is 5. The summed E-state index contributed by atoms with van der Waals surface area (Å²) in [7, 11) is 0. The van der Waals surface area contributed by atoms with Crippen LogP contribution in [0.5, 0.6) is 0 Å². The zero-order valence-electron chi connectivity index (χ0n) is 10.7. The van der Waals surface area contributed by atoms with E-state index in [-0.39, 0.29) is 13.0 Å². The molecule has 0 aliphatic rings.